The van der Waals surface area contributed by atoms with Crippen LogP contribution in [0.15, 0.2) is 36.4 Å². The number of carbonyl (C=O) groups is 1. The first-order valence-corrected chi connectivity index (χ1v) is 7.57. The molecule has 126 valence electrons. The van der Waals surface area contributed by atoms with Gasteiger partial charge in [-0.2, -0.15) is 0 Å². The van der Waals surface area contributed by atoms with Gasteiger partial charge in [0, 0.05) is 6.07 Å². The van der Waals surface area contributed by atoms with Crippen molar-refractivity contribution in [3.05, 3.63) is 63.2 Å². The molecule has 0 aromatic heterocycles. The van der Waals surface area contributed by atoms with Gasteiger partial charge < -0.3 is 10.1 Å². The molecule has 0 bridgehead atoms. The lowest BCUT2D eigenvalue weighted by molar-refractivity contribution is -0.385. The normalized spacial score (nSPS) is 11.7. The van der Waals surface area contributed by atoms with Crippen LogP contribution in [0, 0.1) is 30.9 Å². The summed E-state index contributed by atoms with van der Waals surface area (Å²) in [6.45, 7) is 7.15. The highest BCUT2D eigenvalue weighted by Crippen LogP contribution is 2.25. The molecule has 0 spiro atoms. The zero-order valence-corrected chi connectivity index (χ0v) is 14.1. The van der Waals surface area contributed by atoms with E-state index in [0.29, 0.717) is 17.0 Å². The SMILES string of the molecule is Cc1cc(C)cc(OC(C)C(=O)Nc2cccc([N+](=O)[O-])c2C)c1. The standard InChI is InChI=1S/C18H20N2O4/c1-11-8-12(2)10-15(9-11)24-14(4)18(21)19-16-6-5-7-17(13(16)3)20(22)23/h5-10,14H,1-4H3,(H,19,21). The minimum atomic E-state index is -0.732. The number of aryl methyl sites for hydroxylation is 2. The van der Waals surface area contributed by atoms with E-state index in [-0.39, 0.29) is 11.6 Å². The number of nitrogens with zero attached hydrogens (tertiary/aromatic N) is 1. The van der Waals surface area contributed by atoms with Gasteiger partial charge in [0.2, 0.25) is 0 Å². The fourth-order valence-corrected chi connectivity index (χ4v) is 2.45. The minimum absolute atomic E-state index is 0.0318. The molecule has 0 aliphatic rings. The van der Waals surface area contributed by atoms with Crippen LogP contribution in [0.2, 0.25) is 0 Å². The third-order valence-corrected chi connectivity index (χ3v) is 3.64. The summed E-state index contributed by atoms with van der Waals surface area (Å²) in [6.07, 6.45) is -0.732. The molecule has 1 atom stereocenters. The first-order chi connectivity index (χ1) is 11.3. The number of hydrogen-bond donors (Lipinski definition) is 1. The van der Waals surface area contributed by atoms with Crippen LogP contribution in [0.4, 0.5) is 11.4 Å². The Morgan fingerprint density at radius 2 is 1.79 bits per heavy atom. The summed E-state index contributed by atoms with van der Waals surface area (Å²) in [4.78, 5) is 22.8. The van der Waals surface area contributed by atoms with Crippen molar-refractivity contribution in [2.75, 3.05) is 5.32 Å². The molecule has 6 heteroatoms. The van der Waals surface area contributed by atoms with Gasteiger partial charge in [0.15, 0.2) is 6.10 Å². The minimum Gasteiger partial charge on any atom is -0.481 e. The van der Waals surface area contributed by atoms with Crippen molar-refractivity contribution in [3.8, 4) is 5.75 Å². The summed E-state index contributed by atoms with van der Waals surface area (Å²) < 4.78 is 5.68. The van der Waals surface area contributed by atoms with Gasteiger partial charge in [-0.25, -0.2) is 0 Å². The lowest BCUT2D eigenvalue weighted by atomic mass is 10.1. The van der Waals surface area contributed by atoms with Gasteiger partial charge in [0.1, 0.15) is 5.75 Å². The number of ether oxygens (including phenoxy) is 1. The molecule has 1 N–H and O–H groups in total. The fourth-order valence-electron chi connectivity index (χ4n) is 2.45. The van der Waals surface area contributed by atoms with Crippen LogP contribution < -0.4 is 10.1 Å². The van der Waals surface area contributed by atoms with E-state index in [9.17, 15) is 14.9 Å². The number of nitrogens with one attached hydrogen (secondary N) is 1. The molecule has 0 saturated heterocycles. The zero-order chi connectivity index (χ0) is 17.9. The fraction of sp³-hybridized carbons (Fsp3) is 0.278. The molecule has 2 aromatic carbocycles. The van der Waals surface area contributed by atoms with Crippen LogP contribution in [-0.4, -0.2) is 16.9 Å². The van der Waals surface area contributed by atoms with E-state index < -0.39 is 11.0 Å². The van der Waals surface area contributed by atoms with E-state index in [1.807, 2.05) is 32.0 Å². The third-order valence-electron chi connectivity index (χ3n) is 3.64. The van der Waals surface area contributed by atoms with Crippen molar-refractivity contribution in [3.63, 3.8) is 0 Å². The van der Waals surface area contributed by atoms with Crippen LogP contribution in [0.1, 0.15) is 23.6 Å². The molecule has 0 radical (unpaired) electrons. The second-order valence-corrected chi connectivity index (χ2v) is 5.78. The number of nitro groups is 1. The summed E-state index contributed by atoms with van der Waals surface area (Å²) in [5.74, 6) is 0.253. The van der Waals surface area contributed by atoms with Crippen LogP contribution in [0.3, 0.4) is 0 Å². The summed E-state index contributed by atoms with van der Waals surface area (Å²) in [7, 11) is 0. The number of hydrogen-bond acceptors (Lipinski definition) is 4. The summed E-state index contributed by atoms with van der Waals surface area (Å²) in [5.41, 5.74) is 2.88. The van der Waals surface area contributed by atoms with Gasteiger partial charge in [0.25, 0.3) is 11.6 Å². The van der Waals surface area contributed by atoms with Crippen LogP contribution in [0.5, 0.6) is 5.75 Å². The van der Waals surface area contributed by atoms with Crippen molar-refractivity contribution in [2.45, 2.75) is 33.8 Å². The maximum Gasteiger partial charge on any atom is 0.274 e. The molecule has 0 aliphatic carbocycles. The molecule has 0 fully saturated rings. The van der Waals surface area contributed by atoms with E-state index in [2.05, 4.69) is 5.32 Å². The predicted octanol–water partition coefficient (Wildman–Crippen LogP) is 3.93. The van der Waals surface area contributed by atoms with Crippen LogP contribution in [-0.2, 0) is 4.79 Å². The Kier molecular flexibility index (Phi) is 5.18. The smallest absolute Gasteiger partial charge is 0.274 e. The molecule has 2 rings (SSSR count). The number of carbonyl (C=O) groups excluding carboxylic acids is 1. The third kappa shape index (κ3) is 4.10. The Morgan fingerprint density at radius 1 is 1.17 bits per heavy atom. The molecule has 1 amide bonds. The highest BCUT2D eigenvalue weighted by molar-refractivity contribution is 5.95. The van der Waals surface area contributed by atoms with Gasteiger partial charge in [-0.15, -0.1) is 0 Å². The second-order valence-electron chi connectivity index (χ2n) is 5.78. The zero-order valence-electron chi connectivity index (χ0n) is 14.1. The number of anilines is 1. The van der Waals surface area contributed by atoms with Crippen LogP contribution >= 0.6 is 0 Å². The topological polar surface area (TPSA) is 81.5 Å². The predicted molar refractivity (Wildman–Crippen MR) is 92.5 cm³/mol. The first kappa shape index (κ1) is 17.5. The molecule has 24 heavy (non-hydrogen) atoms. The molecular weight excluding hydrogens is 308 g/mol. The van der Waals surface area contributed by atoms with Crippen molar-refractivity contribution >= 4 is 17.3 Å². The van der Waals surface area contributed by atoms with Gasteiger partial charge in [-0.3, -0.25) is 14.9 Å². The quantitative estimate of drug-likeness (QED) is 0.666. The van der Waals surface area contributed by atoms with E-state index in [0.717, 1.165) is 11.1 Å². The number of rotatable bonds is 5. The Hall–Kier alpha value is -2.89. The van der Waals surface area contributed by atoms with E-state index in [1.54, 1.807) is 19.9 Å². The molecule has 1 unspecified atom stereocenters. The monoisotopic (exact) mass is 328 g/mol. The first-order valence-electron chi connectivity index (χ1n) is 7.57. The molecule has 2 aromatic rings. The van der Waals surface area contributed by atoms with Gasteiger partial charge in [-0.1, -0.05) is 12.1 Å². The van der Waals surface area contributed by atoms with Crippen molar-refractivity contribution in [2.24, 2.45) is 0 Å². The van der Waals surface area contributed by atoms with Crippen LogP contribution in [0.25, 0.3) is 0 Å². The highest BCUT2D eigenvalue weighted by atomic mass is 16.6. The van der Waals surface area contributed by atoms with E-state index >= 15 is 0 Å². The highest BCUT2D eigenvalue weighted by Gasteiger charge is 2.19. The van der Waals surface area contributed by atoms with Crippen molar-refractivity contribution in [1.82, 2.24) is 0 Å². The maximum atomic E-state index is 12.3. The van der Waals surface area contributed by atoms with Gasteiger partial charge in [0.05, 0.1) is 16.2 Å². The summed E-state index contributed by atoms with van der Waals surface area (Å²) in [5, 5.41) is 13.7. The molecule has 6 nitrogen and oxygen atoms in total. The van der Waals surface area contributed by atoms with E-state index in [1.165, 1.54) is 12.1 Å². The maximum absolute atomic E-state index is 12.3. The second kappa shape index (κ2) is 7.12. The lowest BCUT2D eigenvalue weighted by Crippen LogP contribution is -2.30. The summed E-state index contributed by atoms with van der Waals surface area (Å²) >= 11 is 0. The lowest BCUT2D eigenvalue weighted by Gasteiger charge is -2.16. The number of nitro benzene ring substituents is 1. The Bertz CT molecular complexity index is 766. The molecule has 0 aliphatic heterocycles. The summed E-state index contributed by atoms with van der Waals surface area (Å²) in [6, 6.07) is 10.3. The average molecular weight is 328 g/mol. The van der Waals surface area contributed by atoms with E-state index in [4.69, 9.17) is 4.74 Å². The number of benzene rings is 2. The van der Waals surface area contributed by atoms with Crippen molar-refractivity contribution < 1.29 is 14.5 Å². The van der Waals surface area contributed by atoms with Crippen molar-refractivity contribution in [1.29, 1.82) is 0 Å². The van der Waals surface area contributed by atoms with Gasteiger partial charge >= 0.3 is 0 Å². The Labute approximate surface area is 140 Å². The molecular formula is C18H20N2O4. The van der Waals surface area contributed by atoms with Gasteiger partial charge in [-0.05, 0) is 57.0 Å². The largest absolute Gasteiger partial charge is 0.481 e. The average Bonchev–Trinajstić information content (AvgIpc) is 2.47. The number of amides is 1. The molecule has 0 heterocycles. The molecule has 0 saturated carbocycles. The Balaban J connectivity index is 2.12. The Morgan fingerprint density at radius 3 is 2.38 bits per heavy atom.